The molecule has 12 heteroatoms. The average Bonchev–Trinajstić information content (AvgIpc) is 1.56. The minimum Gasteiger partial charge on any atom is -0.456 e. The molecule has 0 aliphatic heterocycles. The van der Waals surface area contributed by atoms with Gasteiger partial charge in [-0.05, 0) is 197 Å². The van der Waals surface area contributed by atoms with E-state index < -0.39 is 0 Å². The van der Waals surface area contributed by atoms with Gasteiger partial charge in [0.25, 0.3) is 0 Å². The molecular weight excluding hydrogens is 1780 g/mol. The first-order valence-corrected chi connectivity index (χ1v) is 49.3. The number of thiophene rings is 1. The molecule has 0 unspecified atom stereocenters. The van der Waals surface area contributed by atoms with Crippen LogP contribution in [0.5, 0.6) is 0 Å². The summed E-state index contributed by atoms with van der Waals surface area (Å²) in [6.45, 7) is 0. The lowest BCUT2D eigenvalue weighted by molar-refractivity contribution is 0.669. The van der Waals surface area contributed by atoms with E-state index >= 15 is 0 Å². The zero-order valence-corrected chi connectivity index (χ0v) is 78.3. The molecule has 9 aromatic heterocycles. The van der Waals surface area contributed by atoms with E-state index in [1.165, 1.54) is 91.5 Å². The number of rotatable bonds is 12. The lowest BCUT2D eigenvalue weighted by Crippen LogP contribution is -1.97. The van der Waals surface area contributed by atoms with Gasteiger partial charge >= 0.3 is 0 Å². The monoisotopic (exact) mass is 1860 g/mol. The van der Waals surface area contributed by atoms with Crippen LogP contribution < -0.4 is 0 Å². The summed E-state index contributed by atoms with van der Waals surface area (Å²) < 4.78 is 22.4. The Labute approximate surface area is 829 Å². The Hall–Kier alpha value is -19.1. The Morgan fingerprint density at radius 2 is 0.500 bits per heavy atom. The molecule has 30 rings (SSSR count). The number of aromatic nitrogens is 9. The van der Waals surface area contributed by atoms with Crippen LogP contribution >= 0.6 is 11.3 Å². The minimum atomic E-state index is 0.702. The highest BCUT2D eigenvalue weighted by Gasteiger charge is 2.25. The second-order valence-corrected chi connectivity index (χ2v) is 37.7. The van der Waals surface area contributed by atoms with E-state index in [4.69, 9.17) is 38.7 Å². The first-order valence-electron chi connectivity index (χ1n) is 48.5. The molecule has 672 valence electrons. The van der Waals surface area contributed by atoms with Gasteiger partial charge in [0, 0.05) is 135 Å². The van der Waals surface area contributed by atoms with E-state index in [-0.39, 0.29) is 0 Å². The highest BCUT2D eigenvalue weighted by Crippen LogP contribution is 2.47. The maximum absolute atomic E-state index is 6.48. The van der Waals surface area contributed by atoms with Crippen LogP contribution in [0.3, 0.4) is 0 Å². The molecule has 0 aliphatic rings. The zero-order chi connectivity index (χ0) is 94.8. The van der Waals surface area contributed by atoms with Crippen LogP contribution in [0, 0.1) is 0 Å². The lowest BCUT2D eigenvalue weighted by atomic mass is 10.0. The van der Waals surface area contributed by atoms with E-state index in [0.717, 1.165) is 177 Å². The smallest absolute Gasteiger partial charge is 0.160 e. The fourth-order valence-electron chi connectivity index (χ4n) is 21.4. The third-order valence-electron chi connectivity index (χ3n) is 28.3. The molecule has 0 atom stereocenters. The van der Waals surface area contributed by atoms with Gasteiger partial charge in [-0.3, -0.25) is 0 Å². The maximum atomic E-state index is 6.48. The van der Waals surface area contributed by atoms with Crippen molar-refractivity contribution in [1.29, 1.82) is 0 Å². The van der Waals surface area contributed by atoms with Crippen molar-refractivity contribution in [2.45, 2.75) is 0 Å². The van der Waals surface area contributed by atoms with Gasteiger partial charge in [0.15, 0.2) is 17.5 Å². The summed E-state index contributed by atoms with van der Waals surface area (Å²) in [6, 6.07) is 173. The topological polar surface area (TPSA) is 118 Å². The molecule has 0 saturated heterocycles. The van der Waals surface area contributed by atoms with Crippen LogP contribution in [0.25, 0.3) is 281 Å². The quantitative estimate of drug-likeness (QED) is 0.119. The normalized spacial score (nSPS) is 11.8. The summed E-state index contributed by atoms with van der Waals surface area (Å²) in [7, 11) is 0. The molecule has 30 aromatic rings. The van der Waals surface area contributed by atoms with E-state index in [9.17, 15) is 0 Å². The van der Waals surface area contributed by atoms with Crippen molar-refractivity contribution in [3.63, 3.8) is 0 Å². The number of furan rings is 2. The van der Waals surface area contributed by atoms with Crippen LogP contribution in [-0.4, -0.2) is 43.6 Å². The fraction of sp³-hybridized carbons (Fsp3) is 0. The molecule has 144 heavy (non-hydrogen) atoms. The van der Waals surface area contributed by atoms with Crippen molar-refractivity contribution in [2.24, 2.45) is 0 Å². The number of benzene rings is 21. The number of fused-ring (bicyclic) bond motifs is 23. The second kappa shape index (κ2) is 34.5. The number of hydrogen-bond donors (Lipinski definition) is 0. The zero-order valence-electron chi connectivity index (χ0n) is 77.5. The summed E-state index contributed by atoms with van der Waals surface area (Å²) in [6.07, 6.45) is 0. The minimum absolute atomic E-state index is 0.702. The largest absolute Gasteiger partial charge is 0.456 e. The third-order valence-corrected chi connectivity index (χ3v) is 29.4. The predicted octanol–water partition coefficient (Wildman–Crippen LogP) is 35.4. The SMILES string of the molecule is c1ccc(-c2ccc(-c3nc(-c4ccc(-n5c6ccccc6c6c7c(ccc65)oc5ccccc57)cc4)nc4ccccc34)cc2)cc1.c1ccc(-c2ccc(-c3nc(-c4ccc(-n5c6ccccc6c6c7oc8ccccc8c7ccc65)cc4)nc4ccccc34)cc2)cc1.c1ccc(-c2ccc(-c3nc(-c4ccc(-n5c6ccccc6c6cc7c(cc65)sc5ccccc57)cc4)nc4ccccc34)cc2)cc1. The molecular formula is C132H81N9O2S. The molecule has 11 nitrogen and oxygen atoms in total. The number of nitrogens with zero attached hydrogens (tertiary/aromatic N) is 9. The number of para-hydroxylation sites is 8. The van der Waals surface area contributed by atoms with Gasteiger partial charge in [-0.2, -0.15) is 0 Å². The van der Waals surface area contributed by atoms with Crippen LogP contribution in [0.1, 0.15) is 0 Å². The lowest BCUT2D eigenvalue weighted by Gasteiger charge is -2.12. The van der Waals surface area contributed by atoms with Gasteiger partial charge in [0.05, 0.1) is 72.1 Å². The van der Waals surface area contributed by atoms with Gasteiger partial charge < -0.3 is 22.5 Å². The van der Waals surface area contributed by atoms with Crippen LogP contribution in [0.2, 0.25) is 0 Å². The van der Waals surface area contributed by atoms with Crippen molar-refractivity contribution < 1.29 is 8.83 Å². The fourth-order valence-corrected chi connectivity index (χ4v) is 22.6. The van der Waals surface area contributed by atoms with Gasteiger partial charge in [0.2, 0.25) is 0 Å². The summed E-state index contributed by atoms with van der Waals surface area (Å²) in [5.74, 6) is 2.13. The Kier molecular flexibility index (Phi) is 19.9. The first-order chi connectivity index (χ1) is 71.4. The molecule has 0 amide bonds. The summed E-state index contributed by atoms with van der Waals surface area (Å²) in [5, 5.41) is 17.6. The Morgan fingerprint density at radius 3 is 0.965 bits per heavy atom. The van der Waals surface area contributed by atoms with E-state index in [0.29, 0.717) is 11.6 Å². The maximum Gasteiger partial charge on any atom is 0.160 e. The predicted molar refractivity (Wildman–Crippen MR) is 598 cm³/mol. The Morgan fingerprint density at radius 1 is 0.167 bits per heavy atom. The van der Waals surface area contributed by atoms with Crippen molar-refractivity contribution in [3.8, 4) is 118 Å². The summed E-state index contributed by atoms with van der Waals surface area (Å²) in [5.41, 5.74) is 32.7. The van der Waals surface area contributed by atoms with Gasteiger partial charge in [-0.25, -0.2) is 29.9 Å². The molecule has 0 bridgehead atoms. The molecule has 0 fully saturated rings. The van der Waals surface area contributed by atoms with Crippen LogP contribution in [-0.2, 0) is 0 Å². The van der Waals surface area contributed by atoms with Crippen molar-refractivity contribution in [3.05, 3.63) is 491 Å². The van der Waals surface area contributed by atoms with Crippen molar-refractivity contribution >= 4 is 174 Å². The van der Waals surface area contributed by atoms with E-state index in [1.54, 1.807) is 0 Å². The summed E-state index contributed by atoms with van der Waals surface area (Å²) in [4.78, 5) is 30.6. The summed E-state index contributed by atoms with van der Waals surface area (Å²) >= 11 is 1.86. The Balaban J connectivity index is 0.000000105. The molecule has 0 spiro atoms. The first kappa shape index (κ1) is 83.1. The van der Waals surface area contributed by atoms with Gasteiger partial charge in [0.1, 0.15) is 22.3 Å². The van der Waals surface area contributed by atoms with Gasteiger partial charge in [-0.1, -0.05) is 328 Å². The van der Waals surface area contributed by atoms with E-state index in [2.05, 4.69) is 432 Å². The van der Waals surface area contributed by atoms with Crippen molar-refractivity contribution in [2.75, 3.05) is 0 Å². The molecule has 21 aromatic carbocycles. The Bertz CT molecular complexity index is 10100. The number of hydrogen-bond acceptors (Lipinski definition) is 9. The highest BCUT2D eigenvalue weighted by molar-refractivity contribution is 7.25. The second-order valence-electron chi connectivity index (χ2n) is 36.6. The standard InChI is InChI=1S/2C44H27N3O.C44H27N3S/c1-2-10-28(11-3-1)29-18-20-30(21-19-29)42-35-13-4-7-15-37(35)45-44(46-42)31-22-24-32(25-23-31)47-38-16-8-5-14-36(38)41-39(47)27-26-34-33-12-6-9-17-40(33)48-43(34)41;1-2-10-28(11-3-1)29-18-20-30(21-19-29)43-33-12-4-7-15-36(33)45-44(46-43)31-22-24-32(25-23-31)47-37-16-8-5-13-34(37)41-38(47)26-27-40-42(41)35-14-6-9-17-39(35)48-40;1-2-10-28(11-3-1)29-18-20-30(21-19-29)43-35-14-4-7-15-38(35)45-44(46-43)31-22-24-32(25-23-31)47-39-16-8-5-12-33(39)36-26-37-34-13-6-9-17-41(34)48-42(37)27-40(36)47/h3*1-27H. The highest BCUT2D eigenvalue weighted by atomic mass is 32.1. The molecule has 9 heterocycles. The van der Waals surface area contributed by atoms with E-state index in [1.807, 2.05) is 84.1 Å². The molecule has 0 aliphatic carbocycles. The molecule has 0 saturated carbocycles. The van der Waals surface area contributed by atoms with Gasteiger partial charge in [-0.15, -0.1) is 11.3 Å². The average molecular weight is 1860 g/mol. The third kappa shape index (κ3) is 14.2. The molecule has 0 radical (unpaired) electrons. The van der Waals surface area contributed by atoms with Crippen LogP contribution in [0.15, 0.2) is 500 Å². The van der Waals surface area contributed by atoms with Crippen LogP contribution in [0.4, 0.5) is 0 Å². The molecule has 0 N–H and O–H groups in total. The van der Waals surface area contributed by atoms with Crippen molar-refractivity contribution in [1.82, 2.24) is 43.6 Å².